The molecule has 0 saturated carbocycles. The van der Waals surface area contributed by atoms with Crippen LogP contribution >= 0.6 is 0 Å². The van der Waals surface area contributed by atoms with Gasteiger partial charge in [-0.1, -0.05) is 12.7 Å². The van der Waals surface area contributed by atoms with Crippen molar-refractivity contribution >= 4 is 27.8 Å². The summed E-state index contributed by atoms with van der Waals surface area (Å²) < 4.78 is 42.0. The number of nitrogens with zero attached hydrogens (tertiary/aromatic N) is 2. The molecule has 0 aliphatic heterocycles. The number of nitrogens with one attached hydrogen (secondary N) is 1. The Morgan fingerprint density at radius 1 is 1.18 bits per heavy atom. The number of hydrogen-bond donors (Lipinski definition) is 1. The number of sulfonamides is 1. The third kappa shape index (κ3) is 7.25. The summed E-state index contributed by atoms with van der Waals surface area (Å²) in [5, 5.41) is 3.95. The van der Waals surface area contributed by atoms with E-state index in [1.807, 2.05) is 6.92 Å². The van der Waals surface area contributed by atoms with Gasteiger partial charge in [-0.2, -0.15) is 5.10 Å². The van der Waals surface area contributed by atoms with Crippen molar-refractivity contribution in [1.29, 1.82) is 0 Å². The maximum absolute atomic E-state index is 12.6. The van der Waals surface area contributed by atoms with E-state index in [0.29, 0.717) is 41.7 Å². The lowest BCUT2D eigenvalue weighted by Crippen LogP contribution is -2.46. The van der Waals surface area contributed by atoms with Crippen LogP contribution in [0.3, 0.4) is 0 Å². The second-order valence-corrected chi connectivity index (χ2v) is 8.77. The molecule has 0 aliphatic carbocycles. The summed E-state index contributed by atoms with van der Waals surface area (Å²) in [6, 6.07) is 10.6. The Bertz CT molecular complexity index is 1080. The summed E-state index contributed by atoms with van der Waals surface area (Å²) in [6.45, 7) is 7.76. The average Bonchev–Trinajstić information content (AvgIpc) is 2.78. The third-order valence-electron chi connectivity index (χ3n) is 4.42. The lowest BCUT2D eigenvalue weighted by Gasteiger charge is -2.27. The minimum atomic E-state index is -3.74. The molecule has 0 saturated heterocycles. The molecule has 0 aliphatic rings. The van der Waals surface area contributed by atoms with Crippen molar-refractivity contribution in [2.24, 2.45) is 5.10 Å². The smallest absolute Gasteiger partial charge is 0.263 e. The fraction of sp³-hybridized carbons (Fsp3) is 0.304. The normalized spacial score (nSPS) is 12.1. The summed E-state index contributed by atoms with van der Waals surface area (Å²) in [6.07, 6.45) is 4.09. The Morgan fingerprint density at radius 2 is 1.88 bits per heavy atom. The molecule has 0 spiro atoms. The third-order valence-corrected chi connectivity index (χ3v) is 5.67. The van der Waals surface area contributed by atoms with E-state index in [9.17, 15) is 13.2 Å². The van der Waals surface area contributed by atoms with E-state index in [2.05, 4.69) is 17.1 Å². The van der Waals surface area contributed by atoms with Crippen LogP contribution in [0.15, 0.2) is 60.2 Å². The molecule has 0 bridgehead atoms. The molecule has 9 nitrogen and oxygen atoms in total. The van der Waals surface area contributed by atoms with Crippen molar-refractivity contribution in [2.75, 3.05) is 30.9 Å². The molecule has 33 heavy (non-hydrogen) atoms. The maximum atomic E-state index is 12.6. The fourth-order valence-electron chi connectivity index (χ4n) is 2.96. The molecule has 0 fully saturated rings. The zero-order valence-electron chi connectivity index (χ0n) is 19.1. The van der Waals surface area contributed by atoms with Crippen LogP contribution in [0.25, 0.3) is 0 Å². The number of methoxy groups -OCH3 is 1. The molecular weight excluding hydrogens is 446 g/mol. The zero-order valence-corrected chi connectivity index (χ0v) is 20.0. The predicted octanol–water partition coefficient (Wildman–Crippen LogP) is 2.96. The van der Waals surface area contributed by atoms with Crippen LogP contribution in [-0.4, -0.2) is 53.2 Å². The fourth-order valence-corrected chi connectivity index (χ4v) is 4.14. The summed E-state index contributed by atoms with van der Waals surface area (Å²) >= 11 is 0. The second-order valence-electron chi connectivity index (χ2n) is 6.91. The van der Waals surface area contributed by atoms with E-state index in [1.54, 1.807) is 48.5 Å². The first-order chi connectivity index (χ1) is 15.7. The van der Waals surface area contributed by atoms with Crippen molar-refractivity contribution in [1.82, 2.24) is 5.43 Å². The molecule has 0 radical (unpaired) electrons. The summed E-state index contributed by atoms with van der Waals surface area (Å²) in [5.41, 5.74) is 3.38. The van der Waals surface area contributed by atoms with Crippen LogP contribution in [0.2, 0.25) is 0 Å². The molecule has 0 aromatic heterocycles. The van der Waals surface area contributed by atoms with Crippen molar-refractivity contribution in [3.8, 4) is 17.2 Å². The van der Waals surface area contributed by atoms with Gasteiger partial charge in [0.2, 0.25) is 10.0 Å². The van der Waals surface area contributed by atoms with Crippen molar-refractivity contribution < 1.29 is 27.4 Å². The van der Waals surface area contributed by atoms with Crippen LogP contribution in [0.4, 0.5) is 5.69 Å². The number of ether oxygens (including phenoxy) is 3. The molecule has 1 amide bonds. The lowest BCUT2D eigenvalue weighted by atomic mass is 10.2. The monoisotopic (exact) mass is 475 g/mol. The molecule has 10 heteroatoms. The molecule has 1 N–H and O–H groups in total. The van der Waals surface area contributed by atoms with Gasteiger partial charge in [-0.15, -0.1) is 0 Å². The molecule has 2 aromatic rings. The highest BCUT2D eigenvalue weighted by molar-refractivity contribution is 7.92. The van der Waals surface area contributed by atoms with Crippen molar-refractivity contribution in [3.05, 3.63) is 60.7 Å². The minimum absolute atomic E-state index is 0.336. The number of rotatable bonds is 12. The van der Waals surface area contributed by atoms with E-state index < -0.39 is 22.0 Å². The molecule has 0 heterocycles. The Kier molecular flexibility index (Phi) is 9.29. The number of anilines is 1. The molecule has 0 unspecified atom stereocenters. The Hall–Kier alpha value is -3.53. The molecule has 2 rings (SSSR count). The van der Waals surface area contributed by atoms with Gasteiger partial charge in [0.15, 0.2) is 11.5 Å². The number of amides is 1. The van der Waals surface area contributed by atoms with Gasteiger partial charge in [0.25, 0.3) is 5.91 Å². The molecule has 2 aromatic carbocycles. The van der Waals surface area contributed by atoms with Gasteiger partial charge in [0, 0.05) is 0 Å². The SMILES string of the molecule is C=CCOc1ccc(/C=N\NC(=O)[C@@H](C)N(c2ccc(OCC)cc2)S(C)(=O)=O)cc1OC. The predicted molar refractivity (Wildman–Crippen MR) is 129 cm³/mol. The van der Waals surface area contributed by atoms with Crippen LogP contribution < -0.4 is 23.9 Å². The largest absolute Gasteiger partial charge is 0.494 e. The van der Waals surface area contributed by atoms with E-state index in [-0.39, 0.29) is 0 Å². The first-order valence-electron chi connectivity index (χ1n) is 10.2. The second kappa shape index (κ2) is 11.9. The summed E-state index contributed by atoms with van der Waals surface area (Å²) in [5.74, 6) is 1.06. The number of carbonyl (C=O) groups excluding carboxylic acids is 1. The molecular formula is C23H29N3O6S. The number of carbonyl (C=O) groups is 1. The van der Waals surface area contributed by atoms with Crippen molar-refractivity contribution in [2.45, 2.75) is 19.9 Å². The van der Waals surface area contributed by atoms with Crippen molar-refractivity contribution in [3.63, 3.8) is 0 Å². The Morgan fingerprint density at radius 3 is 2.45 bits per heavy atom. The highest BCUT2D eigenvalue weighted by atomic mass is 32.2. The maximum Gasteiger partial charge on any atom is 0.263 e. The van der Waals surface area contributed by atoms with Crippen LogP contribution in [0, 0.1) is 0 Å². The van der Waals surface area contributed by atoms with Gasteiger partial charge in [-0.3, -0.25) is 9.10 Å². The molecule has 178 valence electrons. The zero-order chi connectivity index (χ0) is 24.4. The van der Waals surface area contributed by atoms with Gasteiger partial charge in [-0.25, -0.2) is 13.8 Å². The van der Waals surface area contributed by atoms with Gasteiger partial charge in [0.1, 0.15) is 18.4 Å². The molecule has 1 atom stereocenters. The number of hydrogen-bond acceptors (Lipinski definition) is 7. The number of benzene rings is 2. The van der Waals surface area contributed by atoms with Crippen LogP contribution in [0.5, 0.6) is 17.2 Å². The van der Waals surface area contributed by atoms with Crippen LogP contribution in [0.1, 0.15) is 19.4 Å². The first kappa shape index (κ1) is 25.7. The first-order valence-corrected chi connectivity index (χ1v) is 12.0. The quantitative estimate of drug-likeness (QED) is 0.287. The lowest BCUT2D eigenvalue weighted by molar-refractivity contribution is -0.121. The summed E-state index contributed by atoms with van der Waals surface area (Å²) in [4.78, 5) is 12.6. The van der Waals surface area contributed by atoms with E-state index in [4.69, 9.17) is 14.2 Å². The average molecular weight is 476 g/mol. The Labute approximate surface area is 194 Å². The van der Waals surface area contributed by atoms with E-state index in [0.717, 1.165) is 10.6 Å². The standard InChI is InChI=1S/C23H29N3O6S/c1-6-14-32-21-13-8-18(15-22(21)30-4)16-24-25-23(27)17(3)26(33(5,28)29)19-9-11-20(12-10-19)31-7-2/h6,8-13,15-17H,1,7,14H2,2-5H3,(H,25,27)/b24-16-/t17-/m1/s1. The highest BCUT2D eigenvalue weighted by Crippen LogP contribution is 2.27. The summed E-state index contributed by atoms with van der Waals surface area (Å²) in [7, 11) is -2.23. The van der Waals surface area contributed by atoms with E-state index >= 15 is 0 Å². The Balaban J connectivity index is 2.13. The van der Waals surface area contributed by atoms with Crippen LogP contribution in [-0.2, 0) is 14.8 Å². The topological polar surface area (TPSA) is 107 Å². The van der Waals surface area contributed by atoms with Gasteiger partial charge >= 0.3 is 0 Å². The van der Waals surface area contributed by atoms with Gasteiger partial charge in [0.05, 0.1) is 31.9 Å². The van der Waals surface area contributed by atoms with Gasteiger partial charge < -0.3 is 14.2 Å². The van der Waals surface area contributed by atoms with E-state index in [1.165, 1.54) is 20.2 Å². The van der Waals surface area contributed by atoms with Gasteiger partial charge in [-0.05, 0) is 61.9 Å². The minimum Gasteiger partial charge on any atom is -0.494 e. The highest BCUT2D eigenvalue weighted by Gasteiger charge is 2.29. The number of hydrazone groups is 1.